The molecule has 10 heteroatoms. The zero-order valence-corrected chi connectivity index (χ0v) is 9.75. The Morgan fingerprint density at radius 1 is 1.16 bits per heavy atom. The van der Waals surface area contributed by atoms with Crippen LogP contribution in [0.5, 0.6) is 0 Å². The molecular formula is C9H17NO9. The molecule has 0 radical (unpaired) electrons. The van der Waals surface area contributed by atoms with Crippen LogP contribution in [0.25, 0.3) is 0 Å². The van der Waals surface area contributed by atoms with Crippen molar-refractivity contribution in [3.63, 3.8) is 0 Å². The average molecular weight is 283 g/mol. The molecule has 5 atom stereocenters. The first-order valence-corrected chi connectivity index (χ1v) is 5.17. The van der Waals surface area contributed by atoms with Gasteiger partial charge in [-0.2, -0.15) is 0 Å². The third-order valence-electron chi connectivity index (χ3n) is 2.61. The molecule has 0 saturated carbocycles. The van der Waals surface area contributed by atoms with Gasteiger partial charge in [0.1, 0.15) is 24.4 Å². The second-order valence-electron chi connectivity index (χ2n) is 4.06. The molecule has 0 bridgehead atoms. The molecule has 0 spiro atoms. The minimum absolute atomic E-state index is 1.00. The molecule has 0 amide bonds. The zero-order valence-electron chi connectivity index (χ0n) is 9.75. The topological polar surface area (TPSA) is 202 Å². The van der Waals surface area contributed by atoms with E-state index in [1.54, 1.807) is 0 Å². The molecule has 0 aromatic rings. The maximum absolute atomic E-state index is 10.9. The first-order valence-electron chi connectivity index (χ1n) is 5.17. The fourth-order valence-electron chi connectivity index (χ4n) is 1.36. The van der Waals surface area contributed by atoms with Crippen LogP contribution in [0.4, 0.5) is 0 Å². The molecule has 0 aromatic heterocycles. The molecule has 0 fully saturated rings. The quantitative estimate of drug-likeness (QED) is 0.215. The van der Waals surface area contributed by atoms with Crippen molar-refractivity contribution in [3.05, 3.63) is 0 Å². The summed E-state index contributed by atoms with van der Waals surface area (Å²) in [6.45, 7) is -1.00. The maximum Gasteiger partial charge on any atom is 0.338 e. The first kappa shape index (κ1) is 17.7. The highest BCUT2D eigenvalue weighted by Gasteiger charge is 2.50. The van der Waals surface area contributed by atoms with E-state index < -0.39 is 54.9 Å². The van der Waals surface area contributed by atoms with Gasteiger partial charge in [0.05, 0.1) is 6.61 Å². The van der Waals surface area contributed by atoms with Gasteiger partial charge in [-0.25, -0.2) is 4.79 Å². The van der Waals surface area contributed by atoms with Crippen LogP contribution < -0.4 is 5.73 Å². The maximum atomic E-state index is 10.9. The van der Waals surface area contributed by atoms with E-state index in [1.165, 1.54) is 0 Å². The highest BCUT2D eigenvalue weighted by atomic mass is 16.4. The standard InChI is InChI=1S/C9H17NO9/c10-3(7(15)16)1-9(19,8(17)18)6(14)5(13)4(12)2-11/h3-6,11-14,19H,1-2,10H2,(H,15,16)(H,17,18). The first-order chi connectivity index (χ1) is 8.57. The molecule has 10 nitrogen and oxygen atoms in total. The molecule has 0 aromatic carbocycles. The monoisotopic (exact) mass is 283 g/mol. The van der Waals surface area contributed by atoms with Crippen LogP contribution in [-0.2, 0) is 9.59 Å². The normalized spacial score (nSPS) is 20.9. The van der Waals surface area contributed by atoms with Crippen LogP contribution in [0.15, 0.2) is 0 Å². The molecule has 0 aliphatic heterocycles. The number of hydrogen-bond acceptors (Lipinski definition) is 8. The summed E-state index contributed by atoms with van der Waals surface area (Å²) in [6, 6.07) is -1.81. The number of aliphatic hydroxyl groups excluding tert-OH is 4. The van der Waals surface area contributed by atoms with E-state index in [1.807, 2.05) is 0 Å². The van der Waals surface area contributed by atoms with Crippen LogP contribution in [-0.4, -0.2) is 84.2 Å². The van der Waals surface area contributed by atoms with Crippen LogP contribution >= 0.6 is 0 Å². The predicted molar refractivity (Wildman–Crippen MR) is 57.9 cm³/mol. The molecule has 0 aliphatic rings. The van der Waals surface area contributed by atoms with Crippen molar-refractivity contribution in [2.24, 2.45) is 5.73 Å². The molecule has 0 heterocycles. The second kappa shape index (κ2) is 6.75. The number of aliphatic hydroxyl groups is 5. The molecule has 0 rings (SSSR count). The number of nitrogens with two attached hydrogens (primary N) is 1. The third-order valence-corrected chi connectivity index (χ3v) is 2.61. The smallest absolute Gasteiger partial charge is 0.338 e. The fraction of sp³-hybridized carbons (Fsp3) is 0.778. The van der Waals surface area contributed by atoms with E-state index in [4.69, 9.17) is 26.2 Å². The van der Waals surface area contributed by atoms with Crippen LogP contribution in [0.3, 0.4) is 0 Å². The Morgan fingerprint density at radius 2 is 1.63 bits per heavy atom. The molecule has 9 N–H and O–H groups in total. The van der Waals surface area contributed by atoms with Gasteiger partial charge < -0.3 is 41.5 Å². The Hall–Kier alpha value is -1.30. The number of carbonyl (C=O) groups is 2. The van der Waals surface area contributed by atoms with Gasteiger partial charge in [-0.1, -0.05) is 0 Å². The van der Waals surface area contributed by atoms with Crippen molar-refractivity contribution >= 4 is 11.9 Å². The number of hydrogen-bond donors (Lipinski definition) is 8. The number of carboxylic acid groups (broad SMARTS) is 2. The number of carboxylic acids is 2. The number of rotatable bonds is 8. The lowest BCUT2D eigenvalue weighted by Gasteiger charge is -2.34. The Balaban J connectivity index is 5.18. The van der Waals surface area contributed by atoms with Gasteiger partial charge in [0.15, 0.2) is 5.60 Å². The van der Waals surface area contributed by atoms with Gasteiger partial charge in [0.25, 0.3) is 0 Å². The largest absolute Gasteiger partial charge is 0.480 e. The van der Waals surface area contributed by atoms with Crippen molar-refractivity contribution in [1.82, 2.24) is 0 Å². The molecule has 112 valence electrons. The second-order valence-corrected chi connectivity index (χ2v) is 4.06. The Bertz CT molecular complexity index is 336. The molecule has 19 heavy (non-hydrogen) atoms. The van der Waals surface area contributed by atoms with E-state index >= 15 is 0 Å². The van der Waals surface area contributed by atoms with Crippen LogP contribution in [0, 0.1) is 0 Å². The van der Waals surface area contributed by atoms with Gasteiger partial charge in [-0.3, -0.25) is 4.79 Å². The summed E-state index contributed by atoms with van der Waals surface area (Å²) in [5, 5.41) is 63.6. The van der Waals surface area contributed by atoms with E-state index in [-0.39, 0.29) is 0 Å². The summed E-state index contributed by atoms with van der Waals surface area (Å²) in [7, 11) is 0. The van der Waals surface area contributed by atoms with Gasteiger partial charge in [-0.15, -0.1) is 0 Å². The molecule has 0 saturated heterocycles. The van der Waals surface area contributed by atoms with Crippen molar-refractivity contribution < 1.29 is 45.3 Å². The summed E-state index contributed by atoms with van der Waals surface area (Å²) < 4.78 is 0. The zero-order chi connectivity index (χ0) is 15.4. The van der Waals surface area contributed by atoms with E-state index in [9.17, 15) is 24.9 Å². The van der Waals surface area contributed by atoms with Gasteiger partial charge in [0.2, 0.25) is 0 Å². The van der Waals surface area contributed by atoms with E-state index in [0.717, 1.165) is 0 Å². The van der Waals surface area contributed by atoms with Crippen molar-refractivity contribution in [2.75, 3.05) is 6.61 Å². The Morgan fingerprint density at radius 3 is 1.95 bits per heavy atom. The summed E-state index contributed by atoms with van der Waals surface area (Å²) in [6.07, 6.45) is -7.67. The highest BCUT2D eigenvalue weighted by Crippen LogP contribution is 2.22. The summed E-state index contributed by atoms with van der Waals surface area (Å²) in [5.74, 6) is -3.65. The minimum atomic E-state index is -3.09. The van der Waals surface area contributed by atoms with E-state index in [0.29, 0.717) is 0 Å². The Kier molecular flexibility index (Phi) is 6.29. The fourth-order valence-corrected chi connectivity index (χ4v) is 1.36. The van der Waals surface area contributed by atoms with Gasteiger partial charge in [0, 0.05) is 6.42 Å². The average Bonchev–Trinajstić information content (AvgIpc) is 2.35. The van der Waals surface area contributed by atoms with Crippen LogP contribution in [0.2, 0.25) is 0 Å². The van der Waals surface area contributed by atoms with Gasteiger partial charge in [-0.05, 0) is 0 Å². The summed E-state index contributed by atoms with van der Waals surface area (Å²) in [4.78, 5) is 21.4. The number of aliphatic carboxylic acids is 2. The van der Waals surface area contributed by atoms with Gasteiger partial charge >= 0.3 is 11.9 Å². The summed E-state index contributed by atoms with van der Waals surface area (Å²) >= 11 is 0. The van der Waals surface area contributed by atoms with Crippen LogP contribution in [0.1, 0.15) is 6.42 Å². The summed E-state index contributed by atoms with van der Waals surface area (Å²) in [5.41, 5.74) is 1.97. The molecular weight excluding hydrogens is 266 g/mol. The van der Waals surface area contributed by atoms with Crippen molar-refractivity contribution in [1.29, 1.82) is 0 Å². The SMILES string of the molecule is NC(CC(O)(C(=O)O)C(O)C(O)C(O)CO)C(=O)O. The van der Waals surface area contributed by atoms with Crippen molar-refractivity contribution in [3.8, 4) is 0 Å². The Labute approximate surface area is 107 Å². The third kappa shape index (κ3) is 4.09. The lowest BCUT2D eigenvalue weighted by Crippen LogP contribution is -2.60. The lowest BCUT2D eigenvalue weighted by atomic mass is 9.85. The molecule has 0 aliphatic carbocycles. The van der Waals surface area contributed by atoms with E-state index in [2.05, 4.69) is 0 Å². The van der Waals surface area contributed by atoms with Crippen molar-refractivity contribution in [2.45, 2.75) is 36.4 Å². The highest BCUT2D eigenvalue weighted by molar-refractivity contribution is 5.80. The molecule has 5 unspecified atom stereocenters. The minimum Gasteiger partial charge on any atom is -0.480 e. The lowest BCUT2D eigenvalue weighted by molar-refractivity contribution is -0.194. The predicted octanol–water partition coefficient (Wildman–Crippen LogP) is -4.32.